The first-order valence-corrected chi connectivity index (χ1v) is 13.7. The van der Waals surface area contributed by atoms with Crippen molar-refractivity contribution in [1.29, 1.82) is 0 Å². The largest absolute Gasteiger partial charge is 0.493 e. The van der Waals surface area contributed by atoms with Crippen LogP contribution in [0.25, 0.3) is 0 Å². The van der Waals surface area contributed by atoms with Crippen molar-refractivity contribution >= 4 is 17.6 Å². The molecular formula is C30H34FN5O5. The highest BCUT2D eigenvalue weighted by Gasteiger charge is 2.34. The van der Waals surface area contributed by atoms with Gasteiger partial charge in [-0.25, -0.2) is 14.4 Å². The monoisotopic (exact) mass is 563 g/mol. The maximum atomic E-state index is 14.5. The van der Waals surface area contributed by atoms with Crippen LogP contribution in [0.1, 0.15) is 47.2 Å². The highest BCUT2D eigenvalue weighted by molar-refractivity contribution is 5.95. The molecule has 2 atom stereocenters. The van der Waals surface area contributed by atoms with Crippen molar-refractivity contribution in [2.45, 2.75) is 51.8 Å². The van der Waals surface area contributed by atoms with Crippen LogP contribution in [0.4, 0.5) is 10.2 Å². The molecule has 41 heavy (non-hydrogen) atoms. The number of fused-ring (bicyclic) bond motifs is 5. The zero-order valence-electron chi connectivity index (χ0n) is 23.4. The van der Waals surface area contributed by atoms with Gasteiger partial charge < -0.3 is 29.7 Å². The van der Waals surface area contributed by atoms with Crippen LogP contribution in [0, 0.1) is 12.7 Å². The van der Waals surface area contributed by atoms with Crippen LogP contribution in [0.2, 0.25) is 0 Å². The molecule has 5 rings (SSSR count). The number of piperidine rings is 1. The van der Waals surface area contributed by atoms with Crippen LogP contribution >= 0.6 is 0 Å². The molecular weight excluding hydrogens is 529 g/mol. The lowest BCUT2D eigenvalue weighted by Gasteiger charge is -2.39. The fraction of sp³-hybridized carbons (Fsp3) is 0.400. The summed E-state index contributed by atoms with van der Waals surface area (Å²) in [6.07, 6.45) is 1.92. The highest BCUT2D eigenvalue weighted by Crippen LogP contribution is 2.29. The van der Waals surface area contributed by atoms with Crippen molar-refractivity contribution in [3.8, 4) is 17.2 Å². The molecule has 0 unspecified atom stereocenters. The third kappa shape index (κ3) is 6.85. The van der Waals surface area contributed by atoms with E-state index in [1.807, 2.05) is 13.0 Å². The number of methoxy groups -OCH3 is 1. The molecule has 2 aliphatic heterocycles. The minimum atomic E-state index is -0.484. The molecule has 2 aliphatic rings. The second-order valence-corrected chi connectivity index (χ2v) is 10.2. The fourth-order valence-electron chi connectivity index (χ4n) is 5.12. The minimum Gasteiger partial charge on any atom is -0.493 e. The summed E-state index contributed by atoms with van der Waals surface area (Å²) in [6, 6.07) is 10.7. The molecule has 3 aromatic rings. The van der Waals surface area contributed by atoms with E-state index in [0.717, 1.165) is 24.4 Å². The molecule has 0 aliphatic carbocycles. The summed E-state index contributed by atoms with van der Waals surface area (Å²) in [6.45, 7) is 4.82. The zero-order chi connectivity index (χ0) is 28.9. The van der Waals surface area contributed by atoms with E-state index >= 15 is 0 Å². The van der Waals surface area contributed by atoms with E-state index in [1.165, 1.54) is 19.2 Å². The van der Waals surface area contributed by atoms with Crippen molar-refractivity contribution in [1.82, 2.24) is 20.6 Å². The Bertz CT molecular complexity index is 1430. The molecule has 0 spiro atoms. The van der Waals surface area contributed by atoms with Crippen molar-refractivity contribution < 1.29 is 28.2 Å². The maximum Gasteiger partial charge on any atom is 0.258 e. The average Bonchev–Trinajstić information content (AvgIpc) is 2.95. The van der Waals surface area contributed by atoms with Crippen LogP contribution < -0.4 is 29.7 Å². The third-order valence-corrected chi connectivity index (χ3v) is 7.07. The standard InChI is InChI=1S/C30H34FN5O5/c1-4-5-22-14-28(34-18(2)33-22)36-9-8-25-24(16-36)35-30(38)20-6-7-26(39-3)27(12-20)40-17-29(37)32-15-19-10-21(31)13-23(11-19)41-25/h6-7,10-14,24-25H,4-5,8-9,15-17H2,1-3H3,(H,32,37)(H,35,38)/t24-,25+/m0/s1. The summed E-state index contributed by atoms with van der Waals surface area (Å²) in [5, 5.41) is 5.84. The number of hydrogen-bond donors (Lipinski definition) is 2. The number of rotatable bonds is 4. The lowest BCUT2D eigenvalue weighted by Crippen LogP contribution is -2.57. The molecule has 2 amide bonds. The van der Waals surface area contributed by atoms with Crippen molar-refractivity contribution in [3.63, 3.8) is 0 Å². The summed E-state index contributed by atoms with van der Waals surface area (Å²) in [5.41, 5.74) is 1.85. The number of aromatic nitrogens is 2. The first-order chi connectivity index (χ1) is 19.8. The second-order valence-electron chi connectivity index (χ2n) is 10.2. The van der Waals surface area contributed by atoms with E-state index in [2.05, 4.69) is 32.4 Å². The summed E-state index contributed by atoms with van der Waals surface area (Å²) in [4.78, 5) is 37.3. The molecule has 1 aromatic heterocycles. The summed E-state index contributed by atoms with van der Waals surface area (Å²) in [7, 11) is 1.48. The van der Waals surface area contributed by atoms with Gasteiger partial charge in [0, 0.05) is 49.4 Å². The smallest absolute Gasteiger partial charge is 0.258 e. The van der Waals surface area contributed by atoms with E-state index in [1.54, 1.807) is 24.3 Å². The lowest BCUT2D eigenvalue weighted by atomic mass is 10.0. The van der Waals surface area contributed by atoms with Gasteiger partial charge >= 0.3 is 0 Å². The highest BCUT2D eigenvalue weighted by atomic mass is 19.1. The van der Waals surface area contributed by atoms with Gasteiger partial charge in [0.25, 0.3) is 11.8 Å². The summed E-state index contributed by atoms with van der Waals surface area (Å²) < 4.78 is 31.9. The quantitative estimate of drug-likeness (QED) is 0.497. The number of amides is 2. The number of anilines is 1. The topological polar surface area (TPSA) is 115 Å². The molecule has 2 N–H and O–H groups in total. The van der Waals surface area contributed by atoms with Gasteiger partial charge in [0.05, 0.1) is 13.2 Å². The zero-order valence-corrected chi connectivity index (χ0v) is 23.4. The van der Waals surface area contributed by atoms with Crippen LogP contribution in [-0.4, -0.2) is 60.7 Å². The number of benzene rings is 2. The molecule has 216 valence electrons. The number of hydrogen-bond acceptors (Lipinski definition) is 8. The van der Waals surface area contributed by atoms with Gasteiger partial charge in [-0.15, -0.1) is 0 Å². The van der Waals surface area contributed by atoms with Crippen LogP contribution in [-0.2, 0) is 17.8 Å². The maximum absolute atomic E-state index is 14.5. The molecule has 11 heteroatoms. The predicted molar refractivity (Wildman–Crippen MR) is 150 cm³/mol. The summed E-state index contributed by atoms with van der Waals surface area (Å²) in [5.74, 6) is 1.22. The van der Waals surface area contributed by atoms with E-state index in [0.29, 0.717) is 48.0 Å². The Hall–Kier alpha value is -4.41. The number of halogens is 1. The molecule has 3 heterocycles. The van der Waals surface area contributed by atoms with Crippen molar-refractivity contribution in [2.24, 2.45) is 0 Å². The molecule has 0 radical (unpaired) electrons. The number of aryl methyl sites for hydroxylation is 2. The van der Waals surface area contributed by atoms with Gasteiger partial charge in [0.2, 0.25) is 0 Å². The Labute approximate surface area is 238 Å². The van der Waals surface area contributed by atoms with Gasteiger partial charge in [-0.1, -0.05) is 13.3 Å². The Morgan fingerprint density at radius 1 is 1.15 bits per heavy atom. The Kier molecular flexibility index (Phi) is 8.51. The number of carbonyl (C=O) groups is 2. The van der Waals surface area contributed by atoms with Gasteiger partial charge in [0.15, 0.2) is 18.1 Å². The third-order valence-electron chi connectivity index (χ3n) is 7.07. The second kappa shape index (κ2) is 12.4. The van der Waals surface area contributed by atoms with E-state index in [4.69, 9.17) is 14.2 Å². The summed E-state index contributed by atoms with van der Waals surface area (Å²) >= 11 is 0. The Morgan fingerprint density at radius 3 is 2.80 bits per heavy atom. The van der Waals surface area contributed by atoms with Gasteiger partial charge in [-0.3, -0.25) is 9.59 Å². The Balaban J connectivity index is 1.48. The fourth-order valence-corrected chi connectivity index (χ4v) is 5.12. The van der Waals surface area contributed by atoms with Crippen LogP contribution in [0.5, 0.6) is 17.2 Å². The average molecular weight is 564 g/mol. The van der Waals surface area contributed by atoms with E-state index < -0.39 is 23.9 Å². The number of nitrogens with zero attached hydrogens (tertiary/aromatic N) is 3. The molecule has 10 nitrogen and oxygen atoms in total. The molecule has 2 aromatic carbocycles. The number of carbonyl (C=O) groups excluding carboxylic acids is 2. The number of ether oxygens (including phenoxy) is 3. The van der Waals surface area contributed by atoms with Gasteiger partial charge in [0.1, 0.15) is 29.3 Å². The minimum absolute atomic E-state index is 0.0965. The lowest BCUT2D eigenvalue weighted by molar-refractivity contribution is -0.123. The Morgan fingerprint density at radius 2 is 2.00 bits per heavy atom. The first kappa shape index (κ1) is 28.1. The van der Waals surface area contributed by atoms with Gasteiger partial charge in [-0.2, -0.15) is 0 Å². The van der Waals surface area contributed by atoms with Crippen molar-refractivity contribution in [2.75, 3.05) is 31.7 Å². The number of nitrogens with one attached hydrogen (secondary N) is 2. The van der Waals surface area contributed by atoms with Gasteiger partial charge in [-0.05, 0) is 49.2 Å². The predicted octanol–water partition coefficient (Wildman–Crippen LogP) is 3.35. The van der Waals surface area contributed by atoms with E-state index in [9.17, 15) is 14.0 Å². The van der Waals surface area contributed by atoms with Crippen LogP contribution in [0.15, 0.2) is 42.5 Å². The molecule has 4 bridgehead atoms. The first-order valence-electron chi connectivity index (χ1n) is 13.7. The molecule has 1 saturated heterocycles. The molecule has 1 fully saturated rings. The van der Waals surface area contributed by atoms with E-state index in [-0.39, 0.29) is 24.8 Å². The van der Waals surface area contributed by atoms with Crippen LogP contribution in [0.3, 0.4) is 0 Å². The molecule has 0 saturated carbocycles. The van der Waals surface area contributed by atoms with Crippen molar-refractivity contribution in [3.05, 3.63) is 70.9 Å². The SMILES string of the molecule is CCCc1cc(N2CC[C@H]3Oc4cc(F)cc(c4)CNC(=O)COc4cc(ccc4OC)C(=O)N[C@H]3C2)nc(C)n1. The normalized spacial score (nSPS) is 19.3.